The molecule has 2 saturated carbocycles. The van der Waals surface area contributed by atoms with E-state index in [0.717, 1.165) is 68.7 Å². The van der Waals surface area contributed by atoms with Gasteiger partial charge in [-0.05, 0) is 104 Å². The number of pyridine rings is 1. The minimum Gasteiger partial charge on any atom is -0.493 e. The molecule has 304 valence electrons. The van der Waals surface area contributed by atoms with Crippen LogP contribution >= 0.6 is 0 Å². The van der Waals surface area contributed by atoms with Crippen LogP contribution in [0.2, 0.25) is 0 Å². The van der Waals surface area contributed by atoms with Crippen LogP contribution in [0.3, 0.4) is 0 Å². The highest BCUT2D eigenvalue weighted by atomic mass is 19.1. The fourth-order valence-corrected chi connectivity index (χ4v) is 9.58. The lowest BCUT2D eigenvalue weighted by atomic mass is 9.90. The summed E-state index contributed by atoms with van der Waals surface area (Å²) >= 11 is 0. The maximum Gasteiger partial charge on any atom is 0.453 e. The number of carbonyl (C=O) groups is 1. The Hall–Kier alpha value is -4.55. The first-order chi connectivity index (χ1) is 27.8. The first-order valence-electron chi connectivity index (χ1n) is 21.6. The molecule has 4 aromatic rings. The Labute approximate surface area is 335 Å². The molecule has 12 nitrogen and oxygen atoms in total. The Bertz CT molecular complexity index is 1980. The Morgan fingerprint density at radius 3 is 2.39 bits per heavy atom. The number of nitrogens with zero attached hydrogens (tertiary/aromatic N) is 8. The van der Waals surface area contributed by atoms with Crippen LogP contribution in [0.1, 0.15) is 113 Å². The summed E-state index contributed by atoms with van der Waals surface area (Å²) in [5.41, 5.74) is 1.55. The number of amides is 1. The van der Waals surface area contributed by atoms with Crippen LogP contribution < -0.4 is 19.3 Å². The van der Waals surface area contributed by atoms with Crippen molar-refractivity contribution in [1.82, 2.24) is 25.0 Å². The van der Waals surface area contributed by atoms with E-state index in [2.05, 4.69) is 40.7 Å². The average molecular weight is 782 g/mol. The summed E-state index contributed by atoms with van der Waals surface area (Å²) in [6, 6.07) is 10.2. The van der Waals surface area contributed by atoms with Crippen molar-refractivity contribution in [1.29, 1.82) is 0 Å². The fraction of sp³-hybridized carbons (Fsp3) is 0.636. The lowest BCUT2D eigenvalue weighted by molar-refractivity contribution is -0.870. The van der Waals surface area contributed by atoms with Gasteiger partial charge in [0.05, 0.1) is 24.9 Å². The van der Waals surface area contributed by atoms with Gasteiger partial charge in [-0.25, -0.2) is 8.91 Å². The van der Waals surface area contributed by atoms with E-state index in [9.17, 15) is 9.18 Å². The van der Waals surface area contributed by atoms with Gasteiger partial charge in [0.25, 0.3) is 0 Å². The summed E-state index contributed by atoms with van der Waals surface area (Å²) in [6.45, 7) is 12.8. The topological polar surface area (TPSA) is 118 Å². The molecule has 3 aliphatic heterocycles. The second kappa shape index (κ2) is 16.4. The van der Waals surface area contributed by atoms with Crippen molar-refractivity contribution in [3.8, 4) is 5.75 Å². The molecule has 1 aromatic carbocycles. The molecule has 1 amide bonds. The molecular formula is C44H58FN8O4+. The molecule has 57 heavy (non-hydrogen) atoms. The second-order valence-corrected chi connectivity index (χ2v) is 17.9. The summed E-state index contributed by atoms with van der Waals surface area (Å²) in [5, 5.41) is 4.38. The van der Waals surface area contributed by atoms with Crippen molar-refractivity contribution < 1.29 is 27.7 Å². The molecule has 3 saturated heterocycles. The van der Waals surface area contributed by atoms with Crippen molar-refractivity contribution in [2.75, 3.05) is 55.7 Å². The molecule has 3 unspecified atom stereocenters. The number of aromatic nitrogens is 5. The van der Waals surface area contributed by atoms with Crippen molar-refractivity contribution in [3.63, 3.8) is 0 Å². The fourth-order valence-electron chi connectivity index (χ4n) is 9.58. The number of ether oxygens (including phenoxy) is 1. The summed E-state index contributed by atoms with van der Waals surface area (Å²) in [7, 11) is 0. The van der Waals surface area contributed by atoms with Crippen molar-refractivity contribution in [2.45, 2.75) is 103 Å². The quantitative estimate of drug-likeness (QED) is 0.118. The third kappa shape index (κ3) is 8.67. The van der Waals surface area contributed by atoms with Crippen LogP contribution in [0, 0.1) is 35.4 Å². The molecule has 13 heteroatoms. The lowest BCUT2D eigenvalue weighted by Gasteiger charge is -2.39. The monoisotopic (exact) mass is 781 g/mol. The van der Waals surface area contributed by atoms with Gasteiger partial charge >= 0.3 is 17.9 Å². The van der Waals surface area contributed by atoms with Crippen LogP contribution in [0.4, 0.5) is 16.4 Å². The van der Waals surface area contributed by atoms with Gasteiger partial charge in [-0.15, -0.1) is 0 Å². The third-order valence-corrected chi connectivity index (χ3v) is 13.5. The first kappa shape index (κ1) is 38.0. The summed E-state index contributed by atoms with van der Waals surface area (Å²) in [5.74, 6) is 6.16. The molecule has 0 radical (unpaired) electrons. The highest BCUT2D eigenvalue weighted by molar-refractivity contribution is 5.80. The summed E-state index contributed by atoms with van der Waals surface area (Å²) in [4.78, 5) is 33.1. The smallest absolute Gasteiger partial charge is 0.453 e. The first-order valence-corrected chi connectivity index (χ1v) is 21.6. The molecule has 5 fully saturated rings. The predicted molar refractivity (Wildman–Crippen MR) is 211 cm³/mol. The number of hydrogen-bond donors (Lipinski definition) is 0. The molecule has 5 aliphatic rings. The van der Waals surface area contributed by atoms with Crippen LogP contribution in [-0.2, 0) is 17.8 Å². The number of anilines is 2. The van der Waals surface area contributed by atoms with Gasteiger partial charge in [-0.3, -0.25) is 9.78 Å². The van der Waals surface area contributed by atoms with Crippen molar-refractivity contribution in [3.05, 3.63) is 71.3 Å². The van der Waals surface area contributed by atoms with Gasteiger partial charge in [0.2, 0.25) is 5.91 Å². The van der Waals surface area contributed by atoms with Gasteiger partial charge in [-0.2, -0.15) is 4.98 Å². The molecule has 0 N–H and O–H groups in total. The van der Waals surface area contributed by atoms with Crippen LogP contribution in [0.15, 0.2) is 51.8 Å². The number of piperidine rings is 2. The van der Waals surface area contributed by atoms with Crippen molar-refractivity contribution >= 4 is 17.9 Å². The van der Waals surface area contributed by atoms with Gasteiger partial charge in [0.15, 0.2) is 5.82 Å². The minimum atomic E-state index is -0.386. The van der Waals surface area contributed by atoms with Gasteiger partial charge in [0, 0.05) is 68.6 Å². The summed E-state index contributed by atoms with van der Waals surface area (Å²) in [6.07, 6.45) is 13.4. The normalized spacial score (nSPS) is 22.6. The largest absolute Gasteiger partial charge is 0.493 e. The Morgan fingerprint density at radius 1 is 0.947 bits per heavy atom. The van der Waals surface area contributed by atoms with E-state index in [0.29, 0.717) is 79.1 Å². The molecule has 6 heterocycles. The highest BCUT2D eigenvalue weighted by Gasteiger charge is 2.44. The van der Waals surface area contributed by atoms with E-state index in [4.69, 9.17) is 23.8 Å². The number of benzene rings is 1. The third-order valence-electron chi connectivity index (χ3n) is 13.5. The number of likely N-dealkylation sites (tertiary alicyclic amines) is 1. The molecule has 2 aliphatic carbocycles. The Kier molecular flexibility index (Phi) is 10.9. The van der Waals surface area contributed by atoms with E-state index in [1.54, 1.807) is 23.2 Å². The SMILES string of the molecule is CC(C)c1nc(N2CCC(C3CC3CCOc3ccc(CC(=O)N4CC(c5cccnc5)C4)c(F)c3)CC2)o[n+]1CC(C)c1noc(N2CCC(C3CC3)CC2)n1. The van der Waals surface area contributed by atoms with Crippen LogP contribution in [-0.4, -0.2) is 76.8 Å². The number of halogens is 1. The average Bonchev–Trinajstić information content (AvgIpc) is 4.10. The maximum absolute atomic E-state index is 15.0. The zero-order valence-corrected chi connectivity index (χ0v) is 33.8. The van der Waals surface area contributed by atoms with E-state index >= 15 is 0 Å². The molecular weight excluding hydrogens is 724 g/mol. The number of carbonyl (C=O) groups excluding carboxylic acids is 1. The number of hydrogen-bond acceptors (Lipinski definition) is 10. The van der Waals surface area contributed by atoms with Crippen LogP contribution in [0.25, 0.3) is 0 Å². The maximum atomic E-state index is 15.0. The zero-order valence-electron chi connectivity index (χ0n) is 33.8. The Balaban J connectivity index is 0.700. The number of rotatable bonds is 15. The van der Waals surface area contributed by atoms with E-state index < -0.39 is 0 Å². The van der Waals surface area contributed by atoms with Gasteiger partial charge in [0.1, 0.15) is 18.1 Å². The standard InChI is InChI=1S/C44H58FN8O4/c1-28(2)42-48-44(57-53(42)25-29(3)41-47-43(56-49-41)50-16-10-31(11-17-50)30-6-7-30)51-18-12-32(13-19-51)38-21-33(38)14-20-55-37-9-8-34(39(45)23-37)22-40(54)52-26-36(27-52)35-5-4-15-46-24-35/h4-5,8-9,15,23-24,28-33,36,38H,6-7,10-14,16-22,25-27H2,1-3H3/q+1. The van der Waals surface area contributed by atoms with Gasteiger partial charge < -0.3 is 24.0 Å². The van der Waals surface area contributed by atoms with E-state index in [1.165, 1.54) is 38.2 Å². The molecule has 9 rings (SSSR count). The Morgan fingerprint density at radius 2 is 1.68 bits per heavy atom. The van der Waals surface area contributed by atoms with Crippen molar-refractivity contribution in [2.24, 2.45) is 29.6 Å². The second-order valence-electron chi connectivity index (χ2n) is 17.9. The van der Waals surface area contributed by atoms with E-state index in [-0.39, 0.29) is 30.0 Å². The predicted octanol–water partition coefficient (Wildman–Crippen LogP) is 6.92. The van der Waals surface area contributed by atoms with Crippen LogP contribution in [0.5, 0.6) is 5.75 Å². The minimum absolute atomic E-state index is 0.0213. The molecule has 0 bridgehead atoms. The summed E-state index contributed by atoms with van der Waals surface area (Å²) < 4.78 is 35.1. The molecule has 3 aromatic heterocycles. The highest BCUT2D eigenvalue weighted by Crippen LogP contribution is 2.50. The molecule has 0 spiro atoms. The molecule has 3 atom stereocenters. The zero-order chi connectivity index (χ0) is 39.0. The lowest BCUT2D eigenvalue weighted by Crippen LogP contribution is -2.49. The van der Waals surface area contributed by atoms with E-state index in [1.807, 2.05) is 23.1 Å². The van der Waals surface area contributed by atoms with Gasteiger partial charge in [-0.1, -0.05) is 42.8 Å².